The van der Waals surface area contributed by atoms with Crippen LogP contribution < -0.4 is 35.5 Å². The standard InChI is InChI=1S/C26H22F2N6O5S/c1-37-18-4-2-3-16(10-18)33-25(36)34-22-9-15(7-8-29-22)13-30-24-21(40-14-31-24)12-23(35)32-17-5-6-19-20(11-17)39-26(27,28)38-19/h2-11,14,30H,12-13H2,1H3,(H,32,35)(H2,29,33,34,36). The van der Waals surface area contributed by atoms with Crippen molar-refractivity contribution in [3.63, 3.8) is 0 Å². The van der Waals surface area contributed by atoms with Gasteiger partial charge in [-0.3, -0.25) is 10.1 Å². The van der Waals surface area contributed by atoms with Crippen LogP contribution in [0.25, 0.3) is 0 Å². The summed E-state index contributed by atoms with van der Waals surface area (Å²) in [7, 11) is 1.54. The number of hydrogen-bond donors (Lipinski definition) is 4. The molecule has 206 valence electrons. The number of nitrogens with one attached hydrogen (secondary N) is 4. The highest BCUT2D eigenvalue weighted by atomic mass is 32.1. The SMILES string of the molecule is COc1cccc(NC(=O)Nc2cc(CNc3ncsc3CC(=O)Nc3ccc4c(c3)OC(F)(F)O4)ccn2)c1. The number of alkyl halides is 2. The number of carbonyl (C=O) groups excluding carboxylic acids is 2. The molecule has 0 radical (unpaired) electrons. The number of thiazole rings is 1. The monoisotopic (exact) mass is 568 g/mol. The minimum absolute atomic E-state index is 0.00515. The van der Waals surface area contributed by atoms with Gasteiger partial charge in [0, 0.05) is 36.2 Å². The summed E-state index contributed by atoms with van der Waals surface area (Å²) in [5.74, 6) is 0.848. The van der Waals surface area contributed by atoms with Gasteiger partial charge in [0.15, 0.2) is 11.5 Å². The van der Waals surface area contributed by atoms with E-state index in [9.17, 15) is 18.4 Å². The minimum atomic E-state index is -3.73. The van der Waals surface area contributed by atoms with Crippen molar-refractivity contribution in [2.75, 3.05) is 28.4 Å². The molecule has 0 saturated carbocycles. The lowest BCUT2D eigenvalue weighted by Gasteiger charge is -2.10. The van der Waals surface area contributed by atoms with Crippen LogP contribution >= 0.6 is 11.3 Å². The van der Waals surface area contributed by atoms with Gasteiger partial charge in [-0.05, 0) is 42.0 Å². The van der Waals surface area contributed by atoms with Gasteiger partial charge in [-0.1, -0.05) is 6.07 Å². The maximum atomic E-state index is 13.2. The number of anilines is 4. The summed E-state index contributed by atoms with van der Waals surface area (Å²) in [5.41, 5.74) is 3.27. The van der Waals surface area contributed by atoms with Crippen molar-refractivity contribution in [2.45, 2.75) is 19.3 Å². The Labute approximate surface area is 230 Å². The van der Waals surface area contributed by atoms with Gasteiger partial charge in [0.25, 0.3) is 0 Å². The van der Waals surface area contributed by atoms with Crippen LogP contribution in [-0.4, -0.2) is 35.3 Å². The van der Waals surface area contributed by atoms with E-state index in [4.69, 9.17) is 4.74 Å². The van der Waals surface area contributed by atoms with Crippen molar-refractivity contribution in [3.8, 4) is 17.2 Å². The fourth-order valence-electron chi connectivity index (χ4n) is 3.74. The van der Waals surface area contributed by atoms with E-state index in [1.54, 1.807) is 55.2 Å². The first-order valence-corrected chi connectivity index (χ1v) is 12.7. The first-order chi connectivity index (χ1) is 19.3. The Morgan fingerprint density at radius 3 is 2.65 bits per heavy atom. The number of ether oxygens (including phenoxy) is 3. The van der Waals surface area contributed by atoms with Crippen molar-refractivity contribution in [2.24, 2.45) is 0 Å². The summed E-state index contributed by atoms with van der Waals surface area (Å²) in [4.78, 5) is 34.1. The molecule has 1 aliphatic heterocycles. The maximum Gasteiger partial charge on any atom is 0.586 e. The smallest absolute Gasteiger partial charge is 0.497 e. The number of aromatic nitrogens is 2. The number of benzene rings is 2. The number of pyridine rings is 1. The molecule has 0 atom stereocenters. The van der Waals surface area contributed by atoms with Crippen LogP contribution in [0.1, 0.15) is 10.4 Å². The van der Waals surface area contributed by atoms with Crippen LogP contribution in [-0.2, 0) is 17.8 Å². The molecule has 3 heterocycles. The number of nitrogens with zero attached hydrogens (tertiary/aromatic N) is 2. The number of amides is 3. The highest BCUT2D eigenvalue weighted by Crippen LogP contribution is 2.42. The summed E-state index contributed by atoms with van der Waals surface area (Å²) in [6, 6.07) is 14.0. The quantitative estimate of drug-likeness (QED) is 0.214. The Balaban J connectivity index is 1.14. The van der Waals surface area contributed by atoms with Crippen LogP contribution in [0.2, 0.25) is 0 Å². The lowest BCUT2D eigenvalue weighted by molar-refractivity contribution is -0.286. The van der Waals surface area contributed by atoms with E-state index in [-0.39, 0.29) is 29.5 Å². The van der Waals surface area contributed by atoms with E-state index in [0.717, 1.165) is 5.56 Å². The maximum absolute atomic E-state index is 13.2. The van der Waals surface area contributed by atoms with Gasteiger partial charge in [0.1, 0.15) is 17.4 Å². The van der Waals surface area contributed by atoms with E-state index < -0.39 is 12.3 Å². The third-order valence-corrected chi connectivity index (χ3v) is 6.33. The number of methoxy groups -OCH3 is 1. The molecule has 0 bridgehead atoms. The third-order valence-electron chi connectivity index (χ3n) is 5.50. The first-order valence-electron chi connectivity index (χ1n) is 11.8. The van der Waals surface area contributed by atoms with Gasteiger partial charge in [-0.2, -0.15) is 0 Å². The molecule has 0 unspecified atom stereocenters. The zero-order chi connectivity index (χ0) is 28.1. The Hall–Kier alpha value is -4.98. The number of urea groups is 1. The Kier molecular flexibility index (Phi) is 7.59. The largest absolute Gasteiger partial charge is 0.586 e. The van der Waals surface area contributed by atoms with Crippen molar-refractivity contribution in [3.05, 3.63) is 76.7 Å². The van der Waals surface area contributed by atoms with E-state index >= 15 is 0 Å². The van der Waals surface area contributed by atoms with E-state index in [1.807, 2.05) is 0 Å². The fraction of sp³-hybridized carbons (Fsp3) is 0.154. The number of fused-ring (bicyclic) bond motifs is 1. The van der Waals surface area contributed by atoms with Gasteiger partial charge < -0.3 is 30.2 Å². The van der Waals surface area contributed by atoms with E-state index in [2.05, 4.69) is 40.7 Å². The van der Waals surface area contributed by atoms with Crippen LogP contribution in [0.4, 0.5) is 36.6 Å². The second-order valence-corrected chi connectivity index (χ2v) is 9.33. The summed E-state index contributed by atoms with van der Waals surface area (Å²) in [5, 5.41) is 11.2. The molecule has 5 rings (SSSR count). The van der Waals surface area contributed by atoms with Crippen molar-refractivity contribution in [1.29, 1.82) is 0 Å². The average molecular weight is 569 g/mol. The van der Waals surface area contributed by atoms with E-state index in [1.165, 1.54) is 29.5 Å². The third kappa shape index (κ3) is 6.71. The minimum Gasteiger partial charge on any atom is -0.497 e. The van der Waals surface area contributed by atoms with Gasteiger partial charge in [-0.15, -0.1) is 20.1 Å². The van der Waals surface area contributed by atoms with Gasteiger partial charge in [0.2, 0.25) is 5.91 Å². The highest BCUT2D eigenvalue weighted by molar-refractivity contribution is 7.10. The molecule has 4 N–H and O–H groups in total. The average Bonchev–Trinajstić information content (AvgIpc) is 3.48. The number of halogens is 2. The zero-order valence-electron chi connectivity index (χ0n) is 20.9. The topological polar surface area (TPSA) is 136 Å². The van der Waals surface area contributed by atoms with Crippen LogP contribution in [0, 0.1) is 0 Å². The molecular formula is C26H22F2N6O5S. The fourth-order valence-corrected chi connectivity index (χ4v) is 4.47. The van der Waals surface area contributed by atoms with Crippen molar-refractivity contribution < 1.29 is 32.6 Å². The summed E-state index contributed by atoms with van der Waals surface area (Å²) >= 11 is 1.29. The molecule has 0 fully saturated rings. The molecule has 2 aromatic heterocycles. The van der Waals surface area contributed by atoms with E-state index in [0.29, 0.717) is 34.5 Å². The molecule has 2 aromatic carbocycles. The second-order valence-electron chi connectivity index (χ2n) is 8.39. The Morgan fingerprint density at radius 1 is 0.975 bits per heavy atom. The van der Waals surface area contributed by atoms with Crippen molar-refractivity contribution in [1.82, 2.24) is 9.97 Å². The molecule has 4 aromatic rings. The second kappa shape index (κ2) is 11.4. The summed E-state index contributed by atoms with van der Waals surface area (Å²) in [6.45, 7) is 0.351. The first kappa shape index (κ1) is 26.6. The molecule has 0 aliphatic carbocycles. The molecule has 0 spiro atoms. The lowest BCUT2D eigenvalue weighted by atomic mass is 10.2. The molecular weight excluding hydrogens is 546 g/mol. The van der Waals surface area contributed by atoms with Gasteiger partial charge in [0.05, 0.1) is 23.9 Å². The number of hydrogen-bond acceptors (Lipinski definition) is 9. The lowest BCUT2D eigenvalue weighted by Crippen LogP contribution is -2.25. The highest BCUT2D eigenvalue weighted by Gasteiger charge is 2.43. The molecule has 40 heavy (non-hydrogen) atoms. The van der Waals surface area contributed by atoms with Crippen LogP contribution in [0.3, 0.4) is 0 Å². The molecule has 0 saturated heterocycles. The summed E-state index contributed by atoms with van der Waals surface area (Å²) < 4.78 is 40.4. The zero-order valence-corrected chi connectivity index (χ0v) is 21.7. The molecule has 11 nitrogen and oxygen atoms in total. The molecule has 3 amide bonds. The van der Waals surface area contributed by atoms with Crippen LogP contribution in [0.15, 0.2) is 66.3 Å². The van der Waals surface area contributed by atoms with Crippen molar-refractivity contribution >= 4 is 46.3 Å². The van der Waals surface area contributed by atoms with Gasteiger partial charge >= 0.3 is 12.3 Å². The predicted molar refractivity (Wildman–Crippen MR) is 144 cm³/mol. The number of rotatable bonds is 9. The van der Waals surface area contributed by atoms with Crippen LogP contribution in [0.5, 0.6) is 17.2 Å². The summed E-state index contributed by atoms with van der Waals surface area (Å²) in [6.07, 6.45) is -2.16. The Bertz CT molecular complexity index is 1550. The molecule has 14 heteroatoms. The normalized spacial score (nSPS) is 12.9. The molecule has 1 aliphatic rings. The Morgan fingerprint density at radius 2 is 1.80 bits per heavy atom. The number of carbonyl (C=O) groups is 2. The van der Waals surface area contributed by atoms with Gasteiger partial charge in [-0.25, -0.2) is 14.8 Å². The predicted octanol–water partition coefficient (Wildman–Crippen LogP) is 5.31.